The van der Waals surface area contributed by atoms with Crippen LogP contribution in [0.25, 0.3) is 0 Å². The Morgan fingerprint density at radius 1 is 1.67 bits per heavy atom. The number of nitrogens with one attached hydrogen (secondary N) is 1. The largest absolute Gasteiger partial charge is 0.294 e. The number of amides is 1. The van der Waals surface area contributed by atoms with Crippen LogP contribution in [-0.2, 0) is 11.3 Å². The van der Waals surface area contributed by atoms with Crippen LogP contribution in [0.4, 0.5) is 0 Å². The van der Waals surface area contributed by atoms with E-state index in [9.17, 15) is 4.79 Å². The summed E-state index contributed by atoms with van der Waals surface area (Å²) in [5, 5.41) is 3.88. The highest BCUT2D eigenvalue weighted by molar-refractivity contribution is 5.74. The molecule has 0 radical (unpaired) electrons. The van der Waals surface area contributed by atoms with Crippen LogP contribution < -0.4 is 11.3 Å². The van der Waals surface area contributed by atoms with Crippen LogP contribution in [0.15, 0.2) is 12.7 Å². The van der Waals surface area contributed by atoms with Crippen LogP contribution in [0.3, 0.4) is 0 Å². The van der Waals surface area contributed by atoms with E-state index < -0.39 is 0 Å². The van der Waals surface area contributed by atoms with Gasteiger partial charge in [0.05, 0.1) is 0 Å². The number of hydrogen-bond donors (Lipinski definition) is 2. The van der Waals surface area contributed by atoms with Crippen molar-refractivity contribution in [2.24, 2.45) is 5.84 Å². The second-order valence-corrected chi connectivity index (χ2v) is 2.33. The monoisotopic (exact) mass is 169 g/mol. The Bertz CT molecular complexity index is 232. The van der Waals surface area contributed by atoms with Crippen LogP contribution in [0.1, 0.15) is 12.8 Å². The van der Waals surface area contributed by atoms with Gasteiger partial charge < -0.3 is 0 Å². The van der Waals surface area contributed by atoms with E-state index in [2.05, 4.69) is 15.5 Å². The lowest BCUT2D eigenvalue weighted by Gasteiger charge is -1.99. The Balaban J connectivity index is 2.15. The first-order chi connectivity index (χ1) is 5.83. The molecular weight excluding hydrogens is 158 g/mol. The number of rotatable bonds is 4. The van der Waals surface area contributed by atoms with Crippen LogP contribution in [0.2, 0.25) is 0 Å². The smallest absolute Gasteiger partial charge is 0.233 e. The van der Waals surface area contributed by atoms with Gasteiger partial charge in [-0.1, -0.05) is 0 Å². The number of hydrazine groups is 1. The van der Waals surface area contributed by atoms with E-state index in [4.69, 9.17) is 5.84 Å². The zero-order valence-corrected chi connectivity index (χ0v) is 6.60. The molecule has 0 unspecified atom stereocenters. The molecule has 1 aromatic rings. The van der Waals surface area contributed by atoms with E-state index in [1.165, 1.54) is 6.33 Å². The third-order valence-corrected chi connectivity index (χ3v) is 1.42. The van der Waals surface area contributed by atoms with E-state index in [1.807, 2.05) is 0 Å². The Kier molecular flexibility index (Phi) is 3.21. The molecule has 3 N–H and O–H groups in total. The van der Waals surface area contributed by atoms with Crippen molar-refractivity contribution in [1.82, 2.24) is 20.2 Å². The highest BCUT2D eigenvalue weighted by Crippen LogP contribution is 1.91. The van der Waals surface area contributed by atoms with Gasteiger partial charge in [-0.25, -0.2) is 10.8 Å². The van der Waals surface area contributed by atoms with Crippen LogP contribution >= 0.6 is 0 Å². The number of aromatic nitrogens is 3. The van der Waals surface area contributed by atoms with Crippen molar-refractivity contribution in [1.29, 1.82) is 0 Å². The van der Waals surface area contributed by atoms with Gasteiger partial charge in [-0.15, -0.1) is 0 Å². The molecule has 12 heavy (non-hydrogen) atoms. The maximum atomic E-state index is 10.7. The minimum absolute atomic E-state index is 0.157. The number of nitrogens with zero attached hydrogens (tertiary/aromatic N) is 3. The average Bonchev–Trinajstić information content (AvgIpc) is 2.57. The SMILES string of the molecule is NNC(=O)CCCn1cncn1. The number of nitrogens with two attached hydrogens (primary N) is 1. The van der Waals surface area contributed by atoms with Crippen molar-refractivity contribution in [3.63, 3.8) is 0 Å². The first-order valence-corrected chi connectivity index (χ1v) is 3.65. The Hall–Kier alpha value is -1.43. The van der Waals surface area contributed by atoms with E-state index in [1.54, 1.807) is 11.0 Å². The fraction of sp³-hybridized carbons (Fsp3) is 0.500. The zero-order chi connectivity index (χ0) is 8.81. The summed E-state index contributed by atoms with van der Waals surface area (Å²) >= 11 is 0. The summed E-state index contributed by atoms with van der Waals surface area (Å²) in [7, 11) is 0. The first-order valence-electron chi connectivity index (χ1n) is 3.65. The third kappa shape index (κ3) is 2.67. The second-order valence-electron chi connectivity index (χ2n) is 2.33. The molecule has 0 spiro atoms. The molecule has 0 fully saturated rings. The van der Waals surface area contributed by atoms with Crippen LogP contribution in [0, 0.1) is 0 Å². The Labute approximate surface area is 69.7 Å². The van der Waals surface area contributed by atoms with Crippen molar-refractivity contribution in [2.45, 2.75) is 19.4 Å². The lowest BCUT2D eigenvalue weighted by Crippen LogP contribution is -2.29. The minimum Gasteiger partial charge on any atom is -0.294 e. The van der Waals surface area contributed by atoms with Crippen LogP contribution in [-0.4, -0.2) is 20.7 Å². The summed E-state index contributed by atoms with van der Waals surface area (Å²) in [6.45, 7) is 0.688. The predicted molar refractivity (Wildman–Crippen MR) is 41.6 cm³/mol. The lowest BCUT2D eigenvalue weighted by molar-refractivity contribution is -0.121. The minimum atomic E-state index is -0.157. The zero-order valence-electron chi connectivity index (χ0n) is 6.60. The van der Waals surface area contributed by atoms with Crippen molar-refractivity contribution >= 4 is 5.91 Å². The molecule has 0 aliphatic rings. The van der Waals surface area contributed by atoms with Gasteiger partial charge in [0, 0.05) is 13.0 Å². The van der Waals surface area contributed by atoms with Gasteiger partial charge in [0.1, 0.15) is 12.7 Å². The summed E-state index contributed by atoms with van der Waals surface area (Å²) in [6, 6.07) is 0. The maximum absolute atomic E-state index is 10.7. The second kappa shape index (κ2) is 4.45. The van der Waals surface area contributed by atoms with Crippen molar-refractivity contribution in [3.05, 3.63) is 12.7 Å². The molecule has 0 saturated heterocycles. The molecule has 66 valence electrons. The van der Waals surface area contributed by atoms with Gasteiger partial charge in [-0.2, -0.15) is 5.10 Å². The van der Waals surface area contributed by atoms with E-state index >= 15 is 0 Å². The number of aryl methyl sites for hydroxylation is 1. The lowest BCUT2D eigenvalue weighted by atomic mass is 10.3. The molecule has 0 atom stereocenters. The standard InChI is InChI=1S/C6H11N5O/c7-10-6(12)2-1-3-11-5-8-4-9-11/h4-5H,1-3,7H2,(H,10,12). The van der Waals surface area contributed by atoms with E-state index in [0.717, 1.165) is 0 Å². The van der Waals surface area contributed by atoms with Gasteiger partial charge in [-0.05, 0) is 6.42 Å². The molecule has 1 aromatic heterocycles. The summed E-state index contributed by atoms with van der Waals surface area (Å²) < 4.78 is 1.67. The summed E-state index contributed by atoms with van der Waals surface area (Å²) in [5.74, 6) is 4.74. The topological polar surface area (TPSA) is 85.8 Å². The van der Waals surface area contributed by atoms with Crippen LogP contribution in [0.5, 0.6) is 0 Å². The Morgan fingerprint density at radius 2 is 2.50 bits per heavy atom. The summed E-state index contributed by atoms with van der Waals surface area (Å²) in [4.78, 5) is 14.4. The van der Waals surface area contributed by atoms with Gasteiger partial charge in [-0.3, -0.25) is 14.9 Å². The average molecular weight is 169 g/mol. The Morgan fingerprint density at radius 3 is 3.08 bits per heavy atom. The molecule has 1 rings (SSSR count). The first kappa shape index (κ1) is 8.66. The van der Waals surface area contributed by atoms with Crippen molar-refractivity contribution in [3.8, 4) is 0 Å². The third-order valence-electron chi connectivity index (χ3n) is 1.42. The number of carbonyl (C=O) groups excluding carboxylic acids is 1. The molecule has 1 amide bonds. The van der Waals surface area contributed by atoms with E-state index in [-0.39, 0.29) is 5.91 Å². The van der Waals surface area contributed by atoms with Gasteiger partial charge in [0.2, 0.25) is 5.91 Å². The van der Waals surface area contributed by atoms with E-state index in [0.29, 0.717) is 19.4 Å². The molecule has 6 nitrogen and oxygen atoms in total. The van der Waals surface area contributed by atoms with Crippen molar-refractivity contribution in [2.75, 3.05) is 0 Å². The van der Waals surface area contributed by atoms with Crippen molar-refractivity contribution < 1.29 is 4.79 Å². The number of carbonyl (C=O) groups is 1. The quantitative estimate of drug-likeness (QED) is 0.345. The fourth-order valence-electron chi connectivity index (χ4n) is 0.822. The highest BCUT2D eigenvalue weighted by atomic mass is 16.2. The summed E-state index contributed by atoms with van der Waals surface area (Å²) in [5.41, 5.74) is 2.06. The highest BCUT2D eigenvalue weighted by Gasteiger charge is 1.97. The fourth-order valence-corrected chi connectivity index (χ4v) is 0.822. The normalized spacial score (nSPS) is 9.75. The molecule has 0 aliphatic carbocycles. The van der Waals surface area contributed by atoms with Gasteiger partial charge in [0.25, 0.3) is 0 Å². The molecule has 0 aliphatic heterocycles. The molecule has 1 heterocycles. The maximum Gasteiger partial charge on any atom is 0.233 e. The molecular formula is C6H11N5O. The number of hydrogen-bond acceptors (Lipinski definition) is 4. The molecule has 6 heteroatoms. The predicted octanol–water partition coefficient (Wildman–Crippen LogP) is -0.952. The molecule has 0 aromatic carbocycles. The van der Waals surface area contributed by atoms with Gasteiger partial charge >= 0.3 is 0 Å². The molecule has 0 bridgehead atoms. The van der Waals surface area contributed by atoms with Gasteiger partial charge in [0.15, 0.2) is 0 Å². The molecule has 0 saturated carbocycles. The summed E-state index contributed by atoms with van der Waals surface area (Å²) in [6.07, 6.45) is 4.20.